The van der Waals surface area contributed by atoms with Gasteiger partial charge in [0.1, 0.15) is 17.8 Å². The quantitative estimate of drug-likeness (QED) is 0.121. The van der Waals surface area contributed by atoms with Crippen molar-refractivity contribution in [2.24, 2.45) is 52.3 Å². The van der Waals surface area contributed by atoms with Gasteiger partial charge in [0.05, 0.1) is 12.7 Å². The number of rotatable bonds is 12. The molecule has 0 spiro atoms. The van der Waals surface area contributed by atoms with Gasteiger partial charge < -0.3 is 9.47 Å². The lowest BCUT2D eigenvalue weighted by Crippen LogP contribution is -2.51. The van der Waals surface area contributed by atoms with Gasteiger partial charge in [-0.15, -0.1) is 0 Å². The van der Waals surface area contributed by atoms with Gasteiger partial charge in [-0.25, -0.2) is 0 Å². The highest BCUT2D eigenvalue weighted by Crippen LogP contribution is 2.67. The second-order valence-electron chi connectivity index (χ2n) is 18.2. The van der Waals surface area contributed by atoms with Crippen LogP contribution in [0.5, 0.6) is 0 Å². The van der Waals surface area contributed by atoms with E-state index >= 15 is 0 Å². The van der Waals surface area contributed by atoms with Crippen LogP contribution < -0.4 is 0 Å². The number of hydrogen-bond donors (Lipinski definition) is 0. The smallest absolute Gasteiger partial charge is 0.313 e. The molecule has 3 fully saturated rings. The molecule has 4 nitrogen and oxygen atoms in total. The maximum Gasteiger partial charge on any atom is 0.313 e. The van der Waals surface area contributed by atoms with Crippen LogP contribution in [0, 0.1) is 52.3 Å². The van der Waals surface area contributed by atoms with Crippen molar-refractivity contribution in [3.8, 4) is 0 Å². The maximum atomic E-state index is 12.1. The van der Waals surface area contributed by atoms with Crippen molar-refractivity contribution in [1.29, 1.82) is 0 Å². The summed E-state index contributed by atoms with van der Waals surface area (Å²) in [7, 11) is 0. The lowest BCUT2D eigenvalue weighted by atomic mass is 9.47. The van der Waals surface area contributed by atoms with E-state index in [9.17, 15) is 9.59 Å². The third-order valence-corrected chi connectivity index (χ3v) is 12.0. The predicted octanol–water partition coefficient (Wildman–Crippen LogP) is 11.3. The topological polar surface area (TPSA) is 52.6 Å². The molecule has 0 saturated heterocycles. The standard InChI is InChI=1S/C38H62O4.C4H10/c1-26(2)12-11-13-27(3)32-17-18-33-31-16-15-28-24-30(19-21-37(28,7)34(31)20-22-38(32,33)8)41-23-10-9-14-29(39)25-35(40)42-36(4,5)6;1-4(2)3/h9-10,15,26-27,30-34H,11-14,16-25H2,1-8H3;4H,1-3H3/b10-9+;/t27?,30-,31?,32+,33?,34?,37-,38+;/m0./s1. The van der Waals surface area contributed by atoms with E-state index in [-0.39, 0.29) is 24.7 Å². The summed E-state index contributed by atoms with van der Waals surface area (Å²) in [4.78, 5) is 24.0. The predicted molar refractivity (Wildman–Crippen MR) is 193 cm³/mol. The lowest BCUT2D eigenvalue weighted by molar-refractivity contribution is -0.156. The molecule has 264 valence electrons. The molecule has 4 unspecified atom stereocenters. The normalized spacial score (nSPS) is 33.1. The monoisotopic (exact) mass is 641 g/mol. The largest absolute Gasteiger partial charge is 0.460 e. The molecule has 4 rings (SSSR count). The molecule has 0 aromatic rings. The third kappa shape index (κ3) is 10.5. The van der Waals surface area contributed by atoms with E-state index in [0.717, 1.165) is 54.3 Å². The summed E-state index contributed by atoms with van der Waals surface area (Å²) < 4.78 is 11.5. The molecule has 0 aromatic carbocycles. The van der Waals surface area contributed by atoms with Crippen LogP contribution >= 0.6 is 0 Å². The molecule has 3 saturated carbocycles. The highest BCUT2D eigenvalue weighted by Gasteiger charge is 2.59. The second kappa shape index (κ2) is 16.8. The number of allylic oxidation sites excluding steroid dienone is 2. The first-order valence-electron chi connectivity index (χ1n) is 19.2. The van der Waals surface area contributed by atoms with Crippen molar-refractivity contribution in [3.05, 3.63) is 23.8 Å². The van der Waals surface area contributed by atoms with E-state index in [4.69, 9.17) is 9.47 Å². The molecule has 0 aromatic heterocycles. The Bertz CT molecular complexity index is 1040. The Morgan fingerprint density at radius 3 is 2.28 bits per heavy atom. The SMILES string of the molecule is CC(C)C.CC(C)CCCC(C)[C@H]1CCC2C3CC=C4C[C@@H](OC/C=C/CC(=O)CC(=O)OC(C)(C)C)CC[C@]4(C)C3CC[C@@]21C. The number of Topliss-reactive ketones (excluding diaryl/α,β-unsaturated/α-hetero) is 1. The Morgan fingerprint density at radius 1 is 0.935 bits per heavy atom. The lowest BCUT2D eigenvalue weighted by Gasteiger charge is -2.58. The molecule has 0 aliphatic heterocycles. The summed E-state index contributed by atoms with van der Waals surface area (Å²) in [6, 6.07) is 0. The zero-order chi connectivity index (χ0) is 34.3. The summed E-state index contributed by atoms with van der Waals surface area (Å²) in [5, 5.41) is 0. The highest BCUT2D eigenvalue weighted by atomic mass is 16.6. The van der Waals surface area contributed by atoms with E-state index < -0.39 is 11.6 Å². The third-order valence-electron chi connectivity index (χ3n) is 12.0. The van der Waals surface area contributed by atoms with Gasteiger partial charge in [0.15, 0.2) is 0 Å². The second-order valence-corrected chi connectivity index (χ2v) is 18.2. The van der Waals surface area contributed by atoms with E-state index in [0.29, 0.717) is 17.4 Å². The van der Waals surface area contributed by atoms with E-state index in [1.54, 1.807) is 5.57 Å². The minimum Gasteiger partial charge on any atom is -0.460 e. The van der Waals surface area contributed by atoms with Gasteiger partial charge in [-0.2, -0.15) is 0 Å². The van der Waals surface area contributed by atoms with Crippen LogP contribution in [0.4, 0.5) is 0 Å². The summed E-state index contributed by atoms with van der Waals surface area (Å²) >= 11 is 0. The van der Waals surface area contributed by atoms with E-state index in [2.05, 4.69) is 61.5 Å². The first-order chi connectivity index (χ1) is 21.5. The fraction of sp³-hybridized carbons (Fsp3) is 0.857. The van der Waals surface area contributed by atoms with Crippen LogP contribution in [0.2, 0.25) is 0 Å². The molecule has 8 atom stereocenters. The van der Waals surface area contributed by atoms with Crippen LogP contribution in [0.25, 0.3) is 0 Å². The summed E-state index contributed by atoms with van der Waals surface area (Å²) in [6.45, 7) is 25.0. The Hall–Kier alpha value is -1.42. The zero-order valence-electron chi connectivity index (χ0n) is 31.9. The number of carbonyl (C=O) groups is 2. The van der Waals surface area contributed by atoms with Crippen molar-refractivity contribution < 1.29 is 19.1 Å². The van der Waals surface area contributed by atoms with Crippen LogP contribution in [-0.4, -0.2) is 30.1 Å². The van der Waals surface area contributed by atoms with Gasteiger partial charge >= 0.3 is 5.97 Å². The van der Waals surface area contributed by atoms with Crippen molar-refractivity contribution >= 4 is 11.8 Å². The molecule has 0 radical (unpaired) electrons. The molecule has 0 heterocycles. The number of fused-ring (bicyclic) bond motifs is 5. The molecular weight excluding hydrogens is 568 g/mol. The first kappa shape index (κ1) is 39.0. The molecule has 4 aliphatic rings. The molecule has 4 aliphatic carbocycles. The fourth-order valence-electron chi connectivity index (χ4n) is 9.88. The summed E-state index contributed by atoms with van der Waals surface area (Å²) in [5.41, 5.74) is 1.99. The zero-order valence-corrected chi connectivity index (χ0v) is 31.9. The number of esters is 1. The Kier molecular flexibility index (Phi) is 14.3. The van der Waals surface area contributed by atoms with Gasteiger partial charge in [0.2, 0.25) is 0 Å². The van der Waals surface area contributed by atoms with E-state index in [1.165, 1.54) is 57.8 Å². The minimum atomic E-state index is -0.561. The Labute approximate surface area is 284 Å². The fourth-order valence-corrected chi connectivity index (χ4v) is 9.88. The van der Waals surface area contributed by atoms with Gasteiger partial charge in [-0.1, -0.05) is 98.5 Å². The molecule has 0 bridgehead atoms. The number of ketones is 1. The van der Waals surface area contributed by atoms with Crippen molar-refractivity contribution in [2.45, 2.75) is 171 Å². The van der Waals surface area contributed by atoms with Crippen molar-refractivity contribution in [2.75, 3.05) is 6.61 Å². The number of ether oxygens (including phenoxy) is 2. The van der Waals surface area contributed by atoms with Crippen LogP contribution in [-0.2, 0) is 19.1 Å². The molecule has 0 N–H and O–H groups in total. The average molecular weight is 641 g/mol. The minimum absolute atomic E-state index is 0.117. The van der Waals surface area contributed by atoms with Crippen LogP contribution in [0.3, 0.4) is 0 Å². The Balaban J connectivity index is 0.00000136. The van der Waals surface area contributed by atoms with E-state index in [1.807, 2.05) is 32.9 Å². The van der Waals surface area contributed by atoms with Gasteiger partial charge in [0.25, 0.3) is 0 Å². The molecule has 4 heteroatoms. The highest BCUT2D eigenvalue weighted by molar-refractivity contribution is 5.96. The number of carbonyl (C=O) groups excluding carboxylic acids is 2. The van der Waals surface area contributed by atoms with Crippen LogP contribution in [0.15, 0.2) is 23.8 Å². The van der Waals surface area contributed by atoms with Gasteiger partial charge in [-0.3, -0.25) is 9.59 Å². The summed E-state index contributed by atoms with van der Waals surface area (Å²) in [5.74, 6) is 5.48. The molecule has 0 amide bonds. The average Bonchev–Trinajstić information content (AvgIpc) is 3.28. The van der Waals surface area contributed by atoms with Gasteiger partial charge in [0, 0.05) is 6.42 Å². The van der Waals surface area contributed by atoms with Crippen molar-refractivity contribution in [3.63, 3.8) is 0 Å². The van der Waals surface area contributed by atoms with Crippen molar-refractivity contribution in [1.82, 2.24) is 0 Å². The number of hydrogen-bond acceptors (Lipinski definition) is 4. The maximum absolute atomic E-state index is 12.1. The molecular formula is C42H72O4. The first-order valence-corrected chi connectivity index (χ1v) is 19.2. The summed E-state index contributed by atoms with van der Waals surface area (Å²) in [6.07, 6.45) is 21.4. The molecule has 46 heavy (non-hydrogen) atoms. The Morgan fingerprint density at radius 2 is 1.63 bits per heavy atom. The van der Waals surface area contributed by atoms with Crippen LogP contribution in [0.1, 0.15) is 160 Å². The van der Waals surface area contributed by atoms with Gasteiger partial charge in [-0.05, 0) is 124 Å².